The van der Waals surface area contributed by atoms with Crippen molar-refractivity contribution in [2.24, 2.45) is 5.92 Å². The molecule has 1 fully saturated rings. The lowest BCUT2D eigenvalue weighted by atomic mass is 10.2. The van der Waals surface area contributed by atoms with Gasteiger partial charge >= 0.3 is 0 Å². The highest BCUT2D eigenvalue weighted by Gasteiger charge is 2.44. The first-order valence-corrected chi connectivity index (χ1v) is 7.93. The SMILES string of the molecule is CCc1cc(CNC(=O)[C@@H]2C[C@H]2c2ccc(Cl)s2)[nH]n1. The van der Waals surface area contributed by atoms with E-state index in [1.54, 1.807) is 11.3 Å². The number of nitrogens with zero attached hydrogens (tertiary/aromatic N) is 1. The Balaban J connectivity index is 1.51. The number of amides is 1. The van der Waals surface area contributed by atoms with Gasteiger partial charge in [0.15, 0.2) is 0 Å². The van der Waals surface area contributed by atoms with E-state index in [-0.39, 0.29) is 11.8 Å². The van der Waals surface area contributed by atoms with E-state index in [0.717, 1.165) is 28.6 Å². The summed E-state index contributed by atoms with van der Waals surface area (Å²) in [7, 11) is 0. The molecule has 4 nitrogen and oxygen atoms in total. The molecule has 0 aliphatic heterocycles. The second-order valence-corrected chi connectivity index (χ2v) is 6.79. The maximum absolute atomic E-state index is 12.1. The largest absolute Gasteiger partial charge is 0.350 e. The topological polar surface area (TPSA) is 57.8 Å². The molecule has 0 spiro atoms. The first-order valence-electron chi connectivity index (χ1n) is 6.73. The van der Waals surface area contributed by atoms with Gasteiger partial charge in [0.25, 0.3) is 0 Å². The molecule has 106 valence electrons. The Hall–Kier alpha value is -1.33. The Morgan fingerprint density at radius 3 is 3.10 bits per heavy atom. The van der Waals surface area contributed by atoms with E-state index in [4.69, 9.17) is 11.6 Å². The number of aromatic nitrogens is 2. The highest BCUT2D eigenvalue weighted by atomic mass is 35.5. The van der Waals surface area contributed by atoms with Crippen LogP contribution in [0.3, 0.4) is 0 Å². The van der Waals surface area contributed by atoms with E-state index in [0.29, 0.717) is 12.5 Å². The number of nitrogens with one attached hydrogen (secondary N) is 2. The molecular formula is C14H16ClN3OS. The minimum absolute atomic E-state index is 0.0956. The van der Waals surface area contributed by atoms with Gasteiger partial charge in [-0.05, 0) is 31.0 Å². The van der Waals surface area contributed by atoms with Gasteiger partial charge in [0, 0.05) is 16.7 Å². The zero-order valence-corrected chi connectivity index (χ0v) is 12.7. The standard InChI is InChI=1S/C14H16ClN3OS/c1-2-8-5-9(18-17-8)7-16-14(19)11-6-10(11)12-3-4-13(15)20-12/h3-5,10-11H,2,6-7H2,1H3,(H,16,19)(H,17,18)/t10-,11-/m1/s1. The molecule has 0 bridgehead atoms. The van der Waals surface area contributed by atoms with Crippen molar-refractivity contribution in [2.45, 2.75) is 32.2 Å². The van der Waals surface area contributed by atoms with Crippen LogP contribution in [-0.4, -0.2) is 16.1 Å². The van der Waals surface area contributed by atoms with Crippen molar-refractivity contribution in [1.29, 1.82) is 0 Å². The minimum atomic E-state index is 0.0956. The van der Waals surface area contributed by atoms with Crippen molar-refractivity contribution in [3.8, 4) is 0 Å². The van der Waals surface area contributed by atoms with Crippen LogP contribution < -0.4 is 5.32 Å². The molecule has 2 aromatic heterocycles. The predicted molar refractivity (Wildman–Crippen MR) is 80.0 cm³/mol. The van der Waals surface area contributed by atoms with Crippen LogP contribution >= 0.6 is 22.9 Å². The predicted octanol–water partition coefficient (Wildman–Crippen LogP) is 3.11. The first-order chi connectivity index (χ1) is 9.67. The van der Waals surface area contributed by atoms with Crippen LogP contribution in [0.1, 0.15) is 35.5 Å². The van der Waals surface area contributed by atoms with E-state index < -0.39 is 0 Å². The Morgan fingerprint density at radius 2 is 2.45 bits per heavy atom. The van der Waals surface area contributed by atoms with E-state index in [9.17, 15) is 4.79 Å². The number of hydrogen-bond donors (Lipinski definition) is 2. The third-order valence-corrected chi connectivity index (χ3v) is 4.95. The molecule has 0 aromatic carbocycles. The van der Waals surface area contributed by atoms with Gasteiger partial charge in [0.2, 0.25) is 5.91 Å². The fraction of sp³-hybridized carbons (Fsp3) is 0.429. The number of halogens is 1. The molecule has 1 saturated carbocycles. The van der Waals surface area contributed by atoms with Crippen molar-refractivity contribution in [1.82, 2.24) is 15.5 Å². The van der Waals surface area contributed by atoms with Crippen LogP contribution in [0, 0.1) is 5.92 Å². The van der Waals surface area contributed by atoms with E-state index >= 15 is 0 Å². The van der Waals surface area contributed by atoms with E-state index in [1.165, 1.54) is 4.88 Å². The normalized spacial score (nSPS) is 20.9. The summed E-state index contributed by atoms with van der Waals surface area (Å²) in [4.78, 5) is 13.3. The minimum Gasteiger partial charge on any atom is -0.350 e. The number of aromatic amines is 1. The monoisotopic (exact) mass is 309 g/mol. The average Bonchev–Trinajstić information content (AvgIpc) is 2.91. The molecule has 0 radical (unpaired) electrons. The summed E-state index contributed by atoms with van der Waals surface area (Å²) in [6.07, 6.45) is 1.82. The lowest BCUT2D eigenvalue weighted by molar-refractivity contribution is -0.122. The maximum Gasteiger partial charge on any atom is 0.224 e. The first kappa shape index (κ1) is 13.6. The number of aryl methyl sites for hydroxylation is 1. The number of hydrogen-bond acceptors (Lipinski definition) is 3. The summed E-state index contributed by atoms with van der Waals surface area (Å²) in [6, 6.07) is 5.91. The molecule has 20 heavy (non-hydrogen) atoms. The molecule has 2 N–H and O–H groups in total. The van der Waals surface area contributed by atoms with Crippen LogP contribution in [0.5, 0.6) is 0 Å². The molecule has 0 saturated heterocycles. The van der Waals surface area contributed by atoms with Crippen molar-refractivity contribution >= 4 is 28.8 Å². The third kappa shape index (κ3) is 2.88. The Bertz CT molecular complexity index is 621. The summed E-state index contributed by atoms with van der Waals surface area (Å²) >= 11 is 7.49. The van der Waals surface area contributed by atoms with Gasteiger partial charge in [-0.1, -0.05) is 18.5 Å². The van der Waals surface area contributed by atoms with Crippen LogP contribution in [0.4, 0.5) is 0 Å². The van der Waals surface area contributed by atoms with Crippen molar-refractivity contribution < 1.29 is 4.79 Å². The molecule has 1 amide bonds. The Labute approximate surface area is 126 Å². The molecule has 0 unspecified atom stereocenters. The van der Waals surface area contributed by atoms with E-state index in [2.05, 4.69) is 22.4 Å². The van der Waals surface area contributed by atoms with Gasteiger partial charge in [-0.2, -0.15) is 5.10 Å². The summed E-state index contributed by atoms with van der Waals surface area (Å²) in [5.41, 5.74) is 1.97. The van der Waals surface area contributed by atoms with Crippen LogP contribution in [0.15, 0.2) is 18.2 Å². The fourth-order valence-electron chi connectivity index (χ4n) is 2.32. The summed E-state index contributed by atoms with van der Waals surface area (Å²) in [5, 5.41) is 10.1. The van der Waals surface area contributed by atoms with Gasteiger partial charge < -0.3 is 5.32 Å². The average molecular weight is 310 g/mol. The lowest BCUT2D eigenvalue weighted by Gasteiger charge is -2.02. The van der Waals surface area contributed by atoms with Gasteiger partial charge in [-0.25, -0.2) is 0 Å². The molecule has 2 aromatic rings. The molecule has 6 heteroatoms. The summed E-state index contributed by atoms with van der Waals surface area (Å²) in [5.74, 6) is 0.561. The Morgan fingerprint density at radius 1 is 1.60 bits per heavy atom. The lowest BCUT2D eigenvalue weighted by Crippen LogP contribution is -2.25. The number of carbonyl (C=O) groups is 1. The smallest absolute Gasteiger partial charge is 0.224 e. The number of thiophene rings is 1. The number of rotatable bonds is 5. The second-order valence-electron chi connectivity index (χ2n) is 5.05. The number of carbonyl (C=O) groups excluding carboxylic acids is 1. The molecule has 1 aliphatic carbocycles. The fourth-order valence-corrected chi connectivity index (χ4v) is 3.56. The molecule has 1 aliphatic rings. The summed E-state index contributed by atoms with van der Waals surface area (Å²) in [6.45, 7) is 2.57. The zero-order valence-electron chi connectivity index (χ0n) is 11.1. The van der Waals surface area contributed by atoms with Crippen LogP contribution in [-0.2, 0) is 17.8 Å². The molecule has 3 rings (SSSR count). The highest BCUT2D eigenvalue weighted by molar-refractivity contribution is 7.16. The number of H-pyrrole nitrogens is 1. The quantitative estimate of drug-likeness (QED) is 0.891. The van der Waals surface area contributed by atoms with E-state index in [1.807, 2.05) is 18.2 Å². The van der Waals surface area contributed by atoms with Crippen LogP contribution in [0.25, 0.3) is 0 Å². The van der Waals surface area contributed by atoms with Crippen LogP contribution in [0.2, 0.25) is 4.34 Å². The molecule has 2 heterocycles. The summed E-state index contributed by atoms with van der Waals surface area (Å²) < 4.78 is 0.788. The van der Waals surface area contributed by atoms with Gasteiger partial charge in [0.1, 0.15) is 0 Å². The molecular weight excluding hydrogens is 294 g/mol. The van der Waals surface area contributed by atoms with Crippen molar-refractivity contribution in [3.63, 3.8) is 0 Å². The van der Waals surface area contributed by atoms with Gasteiger partial charge in [0.05, 0.1) is 22.3 Å². The third-order valence-electron chi connectivity index (χ3n) is 3.59. The van der Waals surface area contributed by atoms with Gasteiger partial charge in [-0.3, -0.25) is 9.89 Å². The Kier molecular flexibility index (Phi) is 3.81. The molecule has 2 atom stereocenters. The zero-order chi connectivity index (χ0) is 14.1. The van der Waals surface area contributed by atoms with Crippen molar-refractivity contribution in [3.05, 3.63) is 38.8 Å². The second kappa shape index (κ2) is 5.58. The van der Waals surface area contributed by atoms with Gasteiger partial charge in [-0.15, -0.1) is 11.3 Å². The highest BCUT2D eigenvalue weighted by Crippen LogP contribution is 2.50. The maximum atomic E-state index is 12.1. The van der Waals surface area contributed by atoms with Crippen molar-refractivity contribution in [2.75, 3.05) is 0 Å².